The molecule has 7 heavy (non-hydrogen) atoms. The number of aliphatic carboxylic acids is 1. The van der Waals surface area contributed by atoms with Gasteiger partial charge in [0.15, 0.2) is 0 Å². The molecule has 0 saturated carbocycles. The minimum atomic E-state index is -0.745. The summed E-state index contributed by atoms with van der Waals surface area (Å²) in [7, 11) is 0. The second-order valence-electron chi connectivity index (χ2n) is 0.747. The Morgan fingerprint density at radius 1 is 1.71 bits per heavy atom. The van der Waals surface area contributed by atoms with Crippen molar-refractivity contribution < 1.29 is 15.4 Å². The Hall–Kier alpha value is 0.690. The fourth-order valence-corrected chi connectivity index (χ4v) is 0. The number of hydrogen-bond donors (Lipinski definition) is 1. The molecule has 3 N–H and O–H groups in total. The van der Waals surface area contributed by atoms with Crippen molar-refractivity contribution in [3.05, 3.63) is 0 Å². The second kappa shape index (κ2) is 9.85. The zero-order valence-electron chi connectivity index (χ0n) is 3.56. The summed E-state index contributed by atoms with van der Waals surface area (Å²) < 4.78 is 0. The Kier molecular flexibility index (Phi) is 22.0. The van der Waals surface area contributed by atoms with Crippen molar-refractivity contribution in [2.24, 2.45) is 0 Å². The van der Waals surface area contributed by atoms with Crippen LogP contribution in [-0.2, 0) is 4.79 Å². The molecule has 0 aromatic rings. The van der Waals surface area contributed by atoms with E-state index in [4.69, 9.17) is 5.11 Å². The van der Waals surface area contributed by atoms with Crippen LogP contribution in [0.5, 0.6) is 0 Å². The van der Waals surface area contributed by atoms with Crippen LogP contribution < -0.4 is 0 Å². The third kappa shape index (κ3) is 20.3. The summed E-state index contributed by atoms with van der Waals surface area (Å²) in [6, 6.07) is 0. The van der Waals surface area contributed by atoms with Crippen LogP contribution >= 0.6 is 0 Å². The summed E-state index contributed by atoms with van der Waals surface area (Å²) in [5, 5.41) is 7.72. The van der Waals surface area contributed by atoms with E-state index in [0.29, 0.717) is 0 Å². The van der Waals surface area contributed by atoms with Crippen LogP contribution in [-0.4, -0.2) is 54.3 Å². The van der Waals surface area contributed by atoms with Crippen LogP contribution in [0.1, 0.15) is 13.3 Å². The van der Waals surface area contributed by atoms with Gasteiger partial charge in [0.25, 0.3) is 0 Å². The molecule has 0 heterocycles. The van der Waals surface area contributed by atoms with E-state index in [1.54, 1.807) is 6.92 Å². The summed E-state index contributed by atoms with van der Waals surface area (Å²) in [5.41, 5.74) is 0. The molecule has 0 aromatic heterocycles. The molecule has 0 bridgehead atoms. The number of carboxylic acids is 1. The molecule has 0 rings (SSSR count). The van der Waals surface area contributed by atoms with Gasteiger partial charge >= 0.3 is 43.7 Å². The van der Waals surface area contributed by atoms with E-state index in [1.165, 1.54) is 0 Å². The predicted molar refractivity (Wildman–Crippen MR) is 30.1 cm³/mol. The molecule has 0 aliphatic carbocycles. The van der Waals surface area contributed by atoms with Gasteiger partial charge in [0.1, 0.15) is 0 Å². The molecule has 0 fully saturated rings. The Balaban J connectivity index is -0.0000000800. The average molecular weight is 134 g/mol. The monoisotopic (exact) mass is 134 g/mol. The normalized spacial score (nSPS) is 5.29. The van der Waals surface area contributed by atoms with Gasteiger partial charge in [-0.1, -0.05) is 6.92 Å². The molecule has 0 unspecified atom stereocenters. The third-order valence-electron chi connectivity index (χ3n) is 0.302. The molecule has 0 amide bonds. The Labute approximate surface area is 72.0 Å². The van der Waals surface area contributed by atoms with Gasteiger partial charge in [0.05, 0.1) is 0 Å². The van der Waals surface area contributed by atoms with Gasteiger partial charge in [0, 0.05) is 6.42 Å². The van der Waals surface area contributed by atoms with Gasteiger partial charge in [-0.3, -0.25) is 4.79 Å². The first-order valence-electron chi connectivity index (χ1n) is 1.49. The van der Waals surface area contributed by atoms with Gasteiger partial charge in [-0.15, -0.1) is 0 Å². The molecule has 0 atom stereocenters. The maximum absolute atomic E-state index is 9.37. The van der Waals surface area contributed by atoms with Crippen LogP contribution in [0.4, 0.5) is 0 Å². The second-order valence-corrected chi connectivity index (χ2v) is 0.747. The Morgan fingerprint density at radius 3 is 1.86 bits per heavy atom. The molecular formula is C3H10CaO3. The summed E-state index contributed by atoms with van der Waals surface area (Å²) in [5.74, 6) is -0.745. The van der Waals surface area contributed by atoms with Crippen molar-refractivity contribution in [2.45, 2.75) is 13.3 Å². The maximum atomic E-state index is 9.37. The topological polar surface area (TPSA) is 68.8 Å². The molecule has 0 aliphatic heterocycles. The van der Waals surface area contributed by atoms with Crippen molar-refractivity contribution in [3.63, 3.8) is 0 Å². The van der Waals surface area contributed by atoms with E-state index in [2.05, 4.69) is 0 Å². The predicted octanol–water partition coefficient (Wildman–Crippen LogP) is -1.26. The summed E-state index contributed by atoms with van der Waals surface area (Å²) in [6.07, 6.45) is 0.222. The SMILES string of the molecule is CCC(=O)O.O.[CaH2]. The van der Waals surface area contributed by atoms with Crippen molar-refractivity contribution in [3.8, 4) is 0 Å². The Bertz CT molecular complexity index is 45.4. The van der Waals surface area contributed by atoms with Gasteiger partial charge in [0.2, 0.25) is 0 Å². The van der Waals surface area contributed by atoms with E-state index < -0.39 is 5.97 Å². The minimum absolute atomic E-state index is 0. The van der Waals surface area contributed by atoms with Crippen LogP contribution in [0.15, 0.2) is 0 Å². The van der Waals surface area contributed by atoms with Crippen LogP contribution in [0.3, 0.4) is 0 Å². The summed E-state index contributed by atoms with van der Waals surface area (Å²) >= 11 is 0. The zero-order chi connectivity index (χ0) is 4.28. The molecule has 42 valence electrons. The molecule has 0 aromatic carbocycles. The van der Waals surface area contributed by atoms with Crippen LogP contribution in [0.25, 0.3) is 0 Å². The van der Waals surface area contributed by atoms with Crippen molar-refractivity contribution >= 4 is 43.7 Å². The fraction of sp³-hybridized carbons (Fsp3) is 0.667. The molecule has 4 heteroatoms. The van der Waals surface area contributed by atoms with E-state index in [0.717, 1.165) is 0 Å². The average Bonchev–Trinajstić information content (AvgIpc) is 1.38. The molecular weight excluding hydrogens is 124 g/mol. The third-order valence-corrected chi connectivity index (χ3v) is 0.302. The van der Waals surface area contributed by atoms with Gasteiger partial charge in [-0.25, -0.2) is 0 Å². The van der Waals surface area contributed by atoms with E-state index in [-0.39, 0.29) is 49.6 Å². The molecule has 0 saturated heterocycles. The molecule has 0 radical (unpaired) electrons. The molecule has 0 aliphatic rings. The van der Waals surface area contributed by atoms with E-state index >= 15 is 0 Å². The number of carboxylic acid groups (broad SMARTS) is 1. The van der Waals surface area contributed by atoms with E-state index in [1.807, 2.05) is 0 Å². The van der Waals surface area contributed by atoms with Gasteiger partial charge in [-0.05, 0) is 0 Å². The van der Waals surface area contributed by atoms with Crippen molar-refractivity contribution in [2.75, 3.05) is 0 Å². The van der Waals surface area contributed by atoms with Crippen LogP contribution in [0.2, 0.25) is 0 Å². The first-order valence-corrected chi connectivity index (χ1v) is 1.49. The number of carbonyl (C=O) groups is 1. The standard InChI is InChI=1S/C3H6O2.Ca.H2O.2H/c1-2-3(4)5;;;;/h2H2,1H3,(H,4,5);;1H2;;. The first-order chi connectivity index (χ1) is 2.27. The van der Waals surface area contributed by atoms with Gasteiger partial charge in [-0.2, -0.15) is 0 Å². The van der Waals surface area contributed by atoms with Gasteiger partial charge < -0.3 is 10.6 Å². The van der Waals surface area contributed by atoms with Crippen LogP contribution in [0, 0.1) is 0 Å². The van der Waals surface area contributed by atoms with Crippen molar-refractivity contribution in [1.82, 2.24) is 0 Å². The fourth-order valence-electron chi connectivity index (χ4n) is 0. The number of hydrogen-bond acceptors (Lipinski definition) is 1. The van der Waals surface area contributed by atoms with Crippen molar-refractivity contribution in [1.29, 1.82) is 0 Å². The summed E-state index contributed by atoms with van der Waals surface area (Å²) in [4.78, 5) is 9.37. The quantitative estimate of drug-likeness (QED) is 0.455. The number of rotatable bonds is 1. The molecule has 3 nitrogen and oxygen atoms in total. The van der Waals surface area contributed by atoms with E-state index in [9.17, 15) is 4.79 Å². The Morgan fingerprint density at radius 2 is 1.86 bits per heavy atom. The zero-order valence-corrected chi connectivity index (χ0v) is 3.56. The molecule has 0 spiro atoms. The first kappa shape index (κ1) is 15.6. The summed E-state index contributed by atoms with van der Waals surface area (Å²) in [6.45, 7) is 1.60.